The molecule has 0 spiro atoms. The molecule has 24 heavy (non-hydrogen) atoms. The molecule has 0 unspecified atom stereocenters. The Kier molecular flexibility index (Phi) is 7.60. The maximum atomic E-state index is 4.77. The van der Waals surface area contributed by atoms with Gasteiger partial charge in [-0.15, -0.1) is 0 Å². The van der Waals surface area contributed by atoms with Gasteiger partial charge in [0.05, 0.1) is 0 Å². The molecule has 5 heteroatoms. The largest absolute Gasteiger partial charge is 0.357 e. The Bertz CT molecular complexity index is 498. The third-order valence-corrected chi connectivity index (χ3v) is 4.85. The molecule has 0 aliphatic heterocycles. The maximum absolute atomic E-state index is 4.77. The molecule has 1 aliphatic carbocycles. The second kappa shape index (κ2) is 9.70. The molecule has 1 aromatic rings. The number of aromatic nitrogens is 2. The van der Waals surface area contributed by atoms with Gasteiger partial charge in [-0.3, -0.25) is 0 Å². The summed E-state index contributed by atoms with van der Waals surface area (Å²) < 4.78 is 2.21. The number of nitrogens with one attached hydrogen (secondary N) is 2. The van der Waals surface area contributed by atoms with Crippen LogP contribution in [-0.4, -0.2) is 28.1 Å². The second-order valence-corrected chi connectivity index (χ2v) is 7.36. The normalized spacial score (nSPS) is 22.0. The number of nitrogens with zero attached hydrogens (tertiary/aromatic N) is 3. The number of hydrogen-bond acceptors (Lipinski definition) is 2. The first-order valence-corrected chi connectivity index (χ1v) is 9.67. The molecule has 0 aromatic carbocycles. The van der Waals surface area contributed by atoms with Gasteiger partial charge < -0.3 is 15.2 Å². The number of aliphatic imine (C=N–C) groups is 1. The van der Waals surface area contributed by atoms with Gasteiger partial charge in [0.15, 0.2) is 5.96 Å². The fourth-order valence-corrected chi connectivity index (χ4v) is 3.43. The third kappa shape index (κ3) is 5.84. The number of rotatable bonds is 7. The van der Waals surface area contributed by atoms with E-state index in [1.165, 1.54) is 32.1 Å². The van der Waals surface area contributed by atoms with Crippen LogP contribution in [0.3, 0.4) is 0 Å². The van der Waals surface area contributed by atoms with Gasteiger partial charge in [0.25, 0.3) is 0 Å². The van der Waals surface area contributed by atoms with Gasteiger partial charge in [-0.1, -0.05) is 27.2 Å². The highest BCUT2D eigenvalue weighted by molar-refractivity contribution is 5.80. The van der Waals surface area contributed by atoms with E-state index >= 15 is 0 Å². The molecule has 1 fully saturated rings. The van der Waals surface area contributed by atoms with E-state index < -0.39 is 0 Å². The molecule has 1 heterocycles. The van der Waals surface area contributed by atoms with Crippen LogP contribution in [0.1, 0.15) is 65.6 Å². The van der Waals surface area contributed by atoms with Crippen LogP contribution >= 0.6 is 0 Å². The van der Waals surface area contributed by atoms with Gasteiger partial charge in [-0.05, 0) is 44.4 Å². The van der Waals surface area contributed by atoms with Gasteiger partial charge in [0.2, 0.25) is 0 Å². The molecule has 5 nitrogen and oxygen atoms in total. The number of guanidine groups is 1. The van der Waals surface area contributed by atoms with E-state index in [0.717, 1.165) is 30.8 Å². The van der Waals surface area contributed by atoms with Crippen molar-refractivity contribution in [3.05, 3.63) is 18.2 Å². The van der Waals surface area contributed by atoms with E-state index in [9.17, 15) is 0 Å². The number of imidazole rings is 1. The summed E-state index contributed by atoms with van der Waals surface area (Å²) in [6.45, 7) is 11.4. The van der Waals surface area contributed by atoms with E-state index in [0.29, 0.717) is 18.5 Å². The van der Waals surface area contributed by atoms with Gasteiger partial charge >= 0.3 is 0 Å². The monoisotopic (exact) mass is 333 g/mol. The van der Waals surface area contributed by atoms with Crippen molar-refractivity contribution < 1.29 is 0 Å². The highest BCUT2D eigenvalue weighted by Crippen LogP contribution is 2.26. The fourth-order valence-electron chi connectivity index (χ4n) is 3.43. The standard InChI is InChI=1S/C19H35N5/c1-5-16-7-9-17(10-8-16)23-19(20-6-2)22-13-18-21-11-12-24(18)14-15(3)4/h11-12,15-17H,5-10,13-14H2,1-4H3,(H2,20,22,23). The molecule has 2 rings (SSSR count). The summed E-state index contributed by atoms with van der Waals surface area (Å²) in [6.07, 6.45) is 10.4. The lowest BCUT2D eigenvalue weighted by molar-refractivity contribution is 0.304. The minimum absolute atomic E-state index is 0.556. The molecule has 1 aromatic heterocycles. The van der Waals surface area contributed by atoms with E-state index in [-0.39, 0.29) is 0 Å². The van der Waals surface area contributed by atoms with Crippen LogP contribution in [0.4, 0.5) is 0 Å². The summed E-state index contributed by atoms with van der Waals surface area (Å²) in [5.41, 5.74) is 0. The molecule has 2 N–H and O–H groups in total. The molecule has 1 aliphatic rings. The lowest BCUT2D eigenvalue weighted by Crippen LogP contribution is -2.44. The predicted octanol–water partition coefficient (Wildman–Crippen LogP) is 3.56. The zero-order valence-corrected chi connectivity index (χ0v) is 15.9. The Balaban J connectivity index is 1.92. The highest BCUT2D eigenvalue weighted by Gasteiger charge is 2.20. The zero-order chi connectivity index (χ0) is 17.4. The summed E-state index contributed by atoms with van der Waals surface area (Å²) in [5, 5.41) is 7.01. The second-order valence-electron chi connectivity index (χ2n) is 7.36. The fraction of sp³-hybridized carbons (Fsp3) is 0.789. The summed E-state index contributed by atoms with van der Waals surface area (Å²) in [5.74, 6) is 3.50. The van der Waals surface area contributed by atoms with Crippen LogP contribution in [0.2, 0.25) is 0 Å². The molecule has 0 saturated heterocycles. The average Bonchev–Trinajstić information content (AvgIpc) is 3.00. The van der Waals surface area contributed by atoms with E-state index in [1.807, 2.05) is 6.20 Å². The Morgan fingerprint density at radius 2 is 2.04 bits per heavy atom. The zero-order valence-electron chi connectivity index (χ0n) is 15.9. The van der Waals surface area contributed by atoms with Crippen molar-refractivity contribution in [2.75, 3.05) is 6.54 Å². The van der Waals surface area contributed by atoms with Crippen molar-refractivity contribution in [3.8, 4) is 0 Å². The summed E-state index contributed by atoms with van der Waals surface area (Å²) in [6, 6.07) is 0.556. The van der Waals surface area contributed by atoms with E-state index in [4.69, 9.17) is 4.99 Å². The van der Waals surface area contributed by atoms with Crippen molar-refractivity contribution in [1.82, 2.24) is 20.2 Å². The summed E-state index contributed by atoms with van der Waals surface area (Å²) in [7, 11) is 0. The van der Waals surface area contributed by atoms with Crippen molar-refractivity contribution in [3.63, 3.8) is 0 Å². The van der Waals surface area contributed by atoms with Crippen molar-refractivity contribution >= 4 is 5.96 Å². The Morgan fingerprint density at radius 3 is 2.67 bits per heavy atom. The first-order chi connectivity index (χ1) is 11.6. The molecular weight excluding hydrogens is 298 g/mol. The van der Waals surface area contributed by atoms with Gasteiger partial charge in [0.1, 0.15) is 12.4 Å². The Labute approximate surface area is 147 Å². The van der Waals surface area contributed by atoms with Crippen molar-refractivity contribution in [2.24, 2.45) is 16.8 Å². The lowest BCUT2D eigenvalue weighted by atomic mass is 9.84. The molecule has 0 atom stereocenters. The molecular formula is C19H35N5. The van der Waals surface area contributed by atoms with Crippen LogP contribution in [0, 0.1) is 11.8 Å². The van der Waals surface area contributed by atoms with Gasteiger partial charge in [-0.2, -0.15) is 0 Å². The summed E-state index contributed by atoms with van der Waals surface area (Å²) in [4.78, 5) is 9.24. The average molecular weight is 334 g/mol. The molecule has 0 bridgehead atoms. The molecule has 0 radical (unpaired) electrons. The third-order valence-electron chi connectivity index (χ3n) is 4.85. The highest BCUT2D eigenvalue weighted by atomic mass is 15.2. The van der Waals surface area contributed by atoms with Crippen LogP contribution in [0.25, 0.3) is 0 Å². The van der Waals surface area contributed by atoms with Crippen LogP contribution < -0.4 is 10.6 Å². The minimum Gasteiger partial charge on any atom is -0.357 e. The first kappa shape index (κ1) is 18.8. The predicted molar refractivity (Wildman–Crippen MR) is 101 cm³/mol. The van der Waals surface area contributed by atoms with Gasteiger partial charge in [-0.25, -0.2) is 9.98 Å². The van der Waals surface area contributed by atoms with Crippen molar-refractivity contribution in [2.45, 2.75) is 78.9 Å². The molecule has 0 amide bonds. The topological polar surface area (TPSA) is 54.2 Å². The van der Waals surface area contributed by atoms with E-state index in [1.54, 1.807) is 0 Å². The van der Waals surface area contributed by atoms with Crippen molar-refractivity contribution in [1.29, 1.82) is 0 Å². The number of hydrogen-bond donors (Lipinski definition) is 2. The minimum atomic E-state index is 0.556. The first-order valence-electron chi connectivity index (χ1n) is 9.67. The van der Waals surface area contributed by atoms with Gasteiger partial charge in [0, 0.05) is 31.5 Å². The summed E-state index contributed by atoms with van der Waals surface area (Å²) >= 11 is 0. The lowest BCUT2D eigenvalue weighted by Gasteiger charge is -2.29. The molecule has 136 valence electrons. The smallest absolute Gasteiger partial charge is 0.191 e. The van der Waals surface area contributed by atoms with Crippen LogP contribution in [0.5, 0.6) is 0 Å². The quantitative estimate of drug-likeness (QED) is 0.592. The maximum Gasteiger partial charge on any atom is 0.191 e. The molecule has 1 saturated carbocycles. The Morgan fingerprint density at radius 1 is 1.29 bits per heavy atom. The Hall–Kier alpha value is -1.52. The van der Waals surface area contributed by atoms with E-state index in [2.05, 4.69) is 54.1 Å². The van der Waals surface area contributed by atoms with Crippen LogP contribution in [0.15, 0.2) is 17.4 Å². The van der Waals surface area contributed by atoms with Crippen LogP contribution in [-0.2, 0) is 13.1 Å². The SMILES string of the molecule is CCNC(=NCc1nccn1CC(C)C)NC1CCC(CC)CC1.